The summed E-state index contributed by atoms with van der Waals surface area (Å²) in [4.78, 5) is 18.1. The molecular formula is C12H15N3O3S. The molecule has 0 aliphatic rings. The Morgan fingerprint density at radius 3 is 2.63 bits per heavy atom. The molecule has 0 atom stereocenters. The maximum Gasteiger partial charge on any atom is 0.266 e. The number of aliphatic hydroxyl groups excluding tert-OH is 2. The lowest BCUT2D eigenvalue weighted by Gasteiger charge is -2.20. The normalized spacial score (nSPS) is 10.8. The van der Waals surface area contributed by atoms with Crippen molar-refractivity contribution in [1.29, 1.82) is 0 Å². The van der Waals surface area contributed by atoms with Gasteiger partial charge in [-0.1, -0.05) is 0 Å². The topological polar surface area (TPSA) is 99.7 Å². The number of nitrogens with two attached hydrogens (primary N) is 1. The highest BCUT2D eigenvalue weighted by Crippen LogP contribution is 2.33. The van der Waals surface area contributed by atoms with E-state index in [9.17, 15) is 4.79 Å². The van der Waals surface area contributed by atoms with Gasteiger partial charge >= 0.3 is 0 Å². The molecule has 0 radical (unpaired) electrons. The molecule has 1 amide bonds. The van der Waals surface area contributed by atoms with E-state index in [0.29, 0.717) is 10.6 Å². The van der Waals surface area contributed by atoms with Gasteiger partial charge in [0.05, 0.1) is 23.6 Å². The Morgan fingerprint density at radius 1 is 1.37 bits per heavy atom. The predicted molar refractivity (Wildman–Crippen MR) is 74.1 cm³/mol. The lowest BCUT2D eigenvalue weighted by molar-refractivity contribution is 0.0690. The Bertz CT molecular complexity index is 579. The van der Waals surface area contributed by atoms with Crippen molar-refractivity contribution in [2.45, 2.75) is 0 Å². The second kappa shape index (κ2) is 5.96. The summed E-state index contributed by atoms with van der Waals surface area (Å²) in [6.07, 6.45) is 3.29. The number of aliphatic hydroxyl groups is 2. The van der Waals surface area contributed by atoms with Crippen LogP contribution in [0.2, 0.25) is 0 Å². The van der Waals surface area contributed by atoms with Crippen molar-refractivity contribution in [3.05, 3.63) is 23.3 Å². The number of hydrogen-bond donors (Lipinski definition) is 3. The molecule has 0 aliphatic carbocycles. The molecule has 6 nitrogen and oxygen atoms in total. The highest BCUT2D eigenvalue weighted by Gasteiger charge is 2.21. The summed E-state index contributed by atoms with van der Waals surface area (Å²) < 4.78 is 0.844. The van der Waals surface area contributed by atoms with Gasteiger partial charge in [0, 0.05) is 30.9 Å². The number of rotatable bonds is 5. The third-order valence-corrected chi connectivity index (χ3v) is 3.90. The van der Waals surface area contributed by atoms with Crippen molar-refractivity contribution in [2.24, 2.45) is 0 Å². The quantitative estimate of drug-likeness (QED) is 0.732. The summed E-state index contributed by atoms with van der Waals surface area (Å²) >= 11 is 1.27. The minimum absolute atomic E-state index is 0.155. The van der Waals surface area contributed by atoms with Crippen LogP contribution < -0.4 is 5.73 Å². The van der Waals surface area contributed by atoms with Crippen LogP contribution in [-0.4, -0.2) is 52.3 Å². The van der Waals surface area contributed by atoms with Gasteiger partial charge in [0.15, 0.2) is 0 Å². The molecule has 0 unspecified atom stereocenters. The molecule has 4 N–H and O–H groups in total. The Kier molecular flexibility index (Phi) is 4.31. The zero-order valence-corrected chi connectivity index (χ0v) is 11.1. The van der Waals surface area contributed by atoms with Gasteiger partial charge in [-0.25, -0.2) is 0 Å². The van der Waals surface area contributed by atoms with E-state index in [4.69, 9.17) is 15.9 Å². The van der Waals surface area contributed by atoms with E-state index in [1.165, 1.54) is 16.2 Å². The molecule has 2 rings (SSSR count). The molecule has 0 spiro atoms. The predicted octanol–water partition coefficient (Wildman–Crippen LogP) is 0.305. The zero-order valence-electron chi connectivity index (χ0n) is 10.2. The summed E-state index contributed by atoms with van der Waals surface area (Å²) in [7, 11) is 0. The number of carbonyl (C=O) groups is 1. The van der Waals surface area contributed by atoms with E-state index in [1.54, 1.807) is 18.5 Å². The standard InChI is InChI=1S/C12H15N3O3S/c13-10-8-1-2-14-7-9(8)19-11(10)12(18)15(3-5-16)4-6-17/h1-2,7,16-17H,3-6,13H2. The van der Waals surface area contributed by atoms with Gasteiger partial charge in [-0.15, -0.1) is 11.3 Å². The number of pyridine rings is 1. The van der Waals surface area contributed by atoms with Gasteiger partial charge in [0.1, 0.15) is 4.88 Å². The number of aromatic nitrogens is 1. The van der Waals surface area contributed by atoms with Crippen LogP contribution in [0.25, 0.3) is 10.1 Å². The van der Waals surface area contributed by atoms with Crippen LogP contribution in [-0.2, 0) is 0 Å². The van der Waals surface area contributed by atoms with Crippen LogP contribution in [0.15, 0.2) is 18.5 Å². The number of hydrogen-bond acceptors (Lipinski definition) is 6. The Labute approximate surface area is 114 Å². The first kappa shape index (κ1) is 13.7. The van der Waals surface area contributed by atoms with Gasteiger partial charge in [0.2, 0.25) is 0 Å². The van der Waals surface area contributed by atoms with Crippen molar-refractivity contribution >= 4 is 33.0 Å². The van der Waals surface area contributed by atoms with Gasteiger partial charge in [0.25, 0.3) is 5.91 Å². The summed E-state index contributed by atoms with van der Waals surface area (Å²) in [5, 5.41) is 18.7. The molecule has 7 heteroatoms. The molecule has 0 aromatic carbocycles. The van der Waals surface area contributed by atoms with Crippen molar-refractivity contribution in [2.75, 3.05) is 32.0 Å². The van der Waals surface area contributed by atoms with E-state index in [-0.39, 0.29) is 32.2 Å². The molecule has 102 valence electrons. The first-order valence-electron chi connectivity index (χ1n) is 5.82. The summed E-state index contributed by atoms with van der Waals surface area (Å²) in [6.45, 7) is 0.0346. The molecule has 0 bridgehead atoms. The average Bonchev–Trinajstić information content (AvgIpc) is 2.76. The van der Waals surface area contributed by atoms with E-state index < -0.39 is 0 Å². The van der Waals surface area contributed by atoms with Crippen LogP contribution >= 0.6 is 11.3 Å². The molecule has 0 fully saturated rings. The molecule has 0 saturated heterocycles. The molecular weight excluding hydrogens is 266 g/mol. The maximum atomic E-state index is 12.3. The fraction of sp³-hybridized carbons (Fsp3) is 0.333. The number of carbonyl (C=O) groups excluding carboxylic acids is 1. The van der Waals surface area contributed by atoms with Crippen LogP contribution in [0, 0.1) is 0 Å². The molecule has 2 heterocycles. The van der Waals surface area contributed by atoms with Crippen LogP contribution in [0.5, 0.6) is 0 Å². The van der Waals surface area contributed by atoms with Gasteiger partial charge < -0.3 is 20.8 Å². The third kappa shape index (κ3) is 2.67. The maximum absolute atomic E-state index is 12.3. The second-order valence-corrected chi connectivity index (χ2v) is 5.01. The number of fused-ring (bicyclic) bond motifs is 1. The number of nitrogen functional groups attached to an aromatic ring is 1. The first-order chi connectivity index (χ1) is 9.19. The van der Waals surface area contributed by atoms with Gasteiger partial charge in [-0.3, -0.25) is 9.78 Å². The Morgan fingerprint density at radius 2 is 2.05 bits per heavy atom. The lowest BCUT2D eigenvalue weighted by Crippen LogP contribution is -2.35. The SMILES string of the molecule is Nc1c(C(=O)N(CCO)CCO)sc2cnccc12. The van der Waals surface area contributed by atoms with Crippen molar-refractivity contribution in [3.63, 3.8) is 0 Å². The molecule has 19 heavy (non-hydrogen) atoms. The molecule has 2 aromatic rings. The minimum Gasteiger partial charge on any atom is -0.397 e. The molecule has 2 aromatic heterocycles. The fourth-order valence-corrected chi connectivity index (χ4v) is 2.89. The van der Waals surface area contributed by atoms with Gasteiger partial charge in [-0.05, 0) is 6.07 Å². The lowest BCUT2D eigenvalue weighted by atomic mass is 10.2. The van der Waals surface area contributed by atoms with E-state index in [2.05, 4.69) is 4.98 Å². The molecule has 0 saturated carbocycles. The van der Waals surface area contributed by atoms with E-state index in [1.807, 2.05) is 0 Å². The Balaban J connectivity index is 2.37. The van der Waals surface area contributed by atoms with Crippen LogP contribution in [0.4, 0.5) is 5.69 Å². The summed E-state index contributed by atoms with van der Waals surface area (Å²) in [6, 6.07) is 1.76. The second-order valence-electron chi connectivity index (χ2n) is 3.96. The number of thiophene rings is 1. The number of anilines is 1. The van der Waals surface area contributed by atoms with Crippen molar-refractivity contribution < 1.29 is 15.0 Å². The Hall–Kier alpha value is -1.70. The van der Waals surface area contributed by atoms with Gasteiger partial charge in [-0.2, -0.15) is 0 Å². The van der Waals surface area contributed by atoms with Crippen molar-refractivity contribution in [1.82, 2.24) is 9.88 Å². The fourth-order valence-electron chi connectivity index (χ4n) is 1.83. The zero-order chi connectivity index (χ0) is 13.8. The highest BCUT2D eigenvalue weighted by molar-refractivity contribution is 7.21. The van der Waals surface area contributed by atoms with E-state index >= 15 is 0 Å². The number of amides is 1. The van der Waals surface area contributed by atoms with E-state index in [0.717, 1.165) is 10.1 Å². The summed E-state index contributed by atoms with van der Waals surface area (Å²) in [5.41, 5.74) is 6.40. The molecule has 0 aliphatic heterocycles. The average molecular weight is 281 g/mol. The van der Waals surface area contributed by atoms with Crippen LogP contribution in [0.3, 0.4) is 0 Å². The monoisotopic (exact) mass is 281 g/mol. The first-order valence-corrected chi connectivity index (χ1v) is 6.63. The van der Waals surface area contributed by atoms with Crippen LogP contribution in [0.1, 0.15) is 9.67 Å². The smallest absolute Gasteiger partial charge is 0.266 e. The third-order valence-electron chi connectivity index (χ3n) is 2.75. The summed E-state index contributed by atoms with van der Waals surface area (Å²) in [5.74, 6) is -0.276. The largest absolute Gasteiger partial charge is 0.397 e. The minimum atomic E-state index is -0.276. The highest BCUT2D eigenvalue weighted by atomic mass is 32.1. The number of nitrogens with zero attached hydrogens (tertiary/aromatic N) is 2. The van der Waals surface area contributed by atoms with Crippen molar-refractivity contribution in [3.8, 4) is 0 Å².